The monoisotopic (exact) mass is 350 g/mol. The Morgan fingerprint density at radius 1 is 1.48 bits per heavy atom. The zero-order valence-corrected chi connectivity index (χ0v) is 14.3. The summed E-state index contributed by atoms with van der Waals surface area (Å²) in [6.45, 7) is 3.75. The highest BCUT2D eigenvalue weighted by Crippen LogP contribution is 2.42. The fourth-order valence-electron chi connectivity index (χ4n) is 2.70. The fourth-order valence-corrected chi connectivity index (χ4v) is 3.88. The number of hydrogen-bond acceptors (Lipinski definition) is 5. The number of hydrogen-bond donors (Lipinski definition) is 0. The molecule has 2 aliphatic heterocycles. The average molecular weight is 351 g/mol. The molecule has 0 unspecified atom stereocenters. The molecule has 1 aromatic carbocycles. The molecule has 2 aliphatic rings. The van der Waals surface area contributed by atoms with Gasteiger partial charge in [0, 0.05) is 5.02 Å². The molecule has 0 bridgehead atoms. The molecule has 0 N–H and O–H groups in total. The molecule has 23 heavy (non-hydrogen) atoms. The highest BCUT2D eigenvalue weighted by Gasteiger charge is 2.43. The first-order chi connectivity index (χ1) is 11.0. The van der Waals surface area contributed by atoms with E-state index in [9.17, 15) is 9.59 Å². The number of fused-ring (bicyclic) bond motifs is 1. The van der Waals surface area contributed by atoms with Gasteiger partial charge in [-0.3, -0.25) is 9.69 Å². The van der Waals surface area contributed by atoms with Crippen LogP contribution >= 0.6 is 23.4 Å². The number of carbonyl (C=O) groups is 2. The van der Waals surface area contributed by atoms with Crippen LogP contribution in [-0.4, -0.2) is 34.3 Å². The number of ether oxygens (including phenoxy) is 1. The molecule has 1 amide bonds. The van der Waals surface area contributed by atoms with Crippen molar-refractivity contribution in [3.05, 3.63) is 46.1 Å². The van der Waals surface area contributed by atoms with Crippen molar-refractivity contribution in [2.24, 2.45) is 4.99 Å². The smallest absolute Gasteiger partial charge is 0.338 e. The van der Waals surface area contributed by atoms with Crippen molar-refractivity contribution in [3.8, 4) is 0 Å². The van der Waals surface area contributed by atoms with Gasteiger partial charge in [-0.25, -0.2) is 9.79 Å². The fraction of sp³-hybridized carbons (Fsp3) is 0.312. The van der Waals surface area contributed by atoms with E-state index < -0.39 is 12.0 Å². The van der Waals surface area contributed by atoms with Crippen LogP contribution in [0.25, 0.3) is 0 Å². The molecular formula is C16H15ClN2O3S. The van der Waals surface area contributed by atoms with Crippen LogP contribution in [0.15, 0.2) is 40.5 Å². The second kappa shape index (κ2) is 6.37. The summed E-state index contributed by atoms with van der Waals surface area (Å²) in [6.07, 6.45) is 0. The molecule has 0 aromatic heterocycles. The summed E-state index contributed by atoms with van der Waals surface area (Å²) < 4.78 is 5.17. The van der Waals surface area contributed by atoms with Gasteiger partial charge in [0.25, 0.3) is 0 Å². The second-order valence-corrected chi connectivity index (χ2v) is 6.44. The van der Waals surface area contributed by atoms with E-state index in [1.54, 1.807) is 24.8 Å². The molecule has 1 aromatic rings. The van der Waals surface area contributed by atoms with E-state index in [2.05, 4.69) is 4.99 Å². The second-order valence-electron chi connectivity index (χ2n) is 5.09. The lowest BCUT2D eigenvalue weighted by Crippen LogP contribution is -2.39. The lowest BCUT2D eigenvalue weighted by Gasteiger charge is -2.33. The van der Waals surface area contributed by atoms with Gasteiger partial charge in [-0.2, -0.15) is 0 Å². The molecular weight excluding hydrogens is 336 g/mol. The average Bonchev–Trinajstić information content (AvgIpc) is 2.87. The number of amidine groups is 1. The zero-order valence-electron chi connectivity index (χ0n) is 12.7. The van der Waals surface area contributed by atoms with E-state index in [1.807, 2.05) is 18.2 Å². The van der Waals surface area contributed by atoms with E-state index in [-0.39, 0.29) is 12.5 Å². The highest BCUT2D eigenvalue weighted by atomic mass is 35.5. The van der Waals surface area contributed by atoms with Crippen molar-refractivity contribution >= 4 is 40.4 Å². The van der Waals surface area contributed by atoms with Gasteiger partial charge in [0.15, 0.2) is 5.17 Å². The van der Waals surface area contributed by atoms with Gasteiger partial charge in [0.2, 0.25) is 5.91 Å². The van der Waals surface area contributed by atoms with E-state index >= 15 is 0 Å². The number of allylic oxidation sites excluding steroid dienone is 1. The Hall–Kier alpha value is -1.79. The van der Waals surface area contributed by atoms with Crippen LogP contribution in [0.5, 0.6) is 0 Å². The summed E-state index contributed by atoms with van der Waals surface area (Å²) in [5.74, 6) is -0.251. The maximum atomic E-state index is 12.5. The molecule has 1 atom stereocenters. The van der Waals surface area contributed by atoms with Gasteiger partial charge in [-0.1, -0.05) is 41.6 Å². The van der Waals surface area contributed by atoms with Gasteiger partial charge in [-0.15, -0.1) is 0 Å². The summed E-state index contributed by atoms with van der Waals surface area (Å²) in [5.41, 5.74) is 1.61. The zero-order chi connectivity index (χ0) is 16.6. The Bertz CT molecular complexity index is 745. The van der Waals surface area contributed by atoms with Crippen molar-refractivity contribution in [2.45, 2.75) is 19.9 Å². The first kappa shape index (κ1) is 16.1. The number of rotatable bonds is 3. The number of carbonyl (C=O) groups excluding carboxylic acids is 2. The summed E-state index contributed by atoms with van der Waals surface area (Å²) >= 11 is 7.70. The van der Waals surface area contributed by atoms with Gasteiger partial charge in [0.05, 0.1) is 29.7 Å². The normalized spacial score (nSPS) is 20.5. The topological polar surface area (TPSA) is 59.0 Å². The van der Waals surface area contributed by atoms with Crippen LogP contribution in [0.1, 0.15) is 25.5 Å². The van der Waals surface area contributed by atoms with Crippen molar-refractivity contribution in [1.82, 2.24) is 4.90 Å². The number of benzene rings is 1. The molecule has 5 nitrogen and oxygen atoms in total. The van der Waals surface area contributed by atoms with Crippen molar-refractivity contribution in [3.63, 3.8) is 0 Å². The van der Waals surface area contributed by atoms with Crippen molar-refractivity contribution in [2.75, 3.05) is 12.4 Å². The number of halogens is 1. The molecule has 1 fully saturated rings. The summed E-state index contributed by atoms with van der Waals surface area (Å²) in [6, 6.07) is 6.61. The number of thioether (sulfide) groups is 1. The largest absolute Gasteiger partial charge is 0.463 e. The Morgan fingerprint density at radius 3 is 2.91 bits per heavy atom. The molecule has 2 heterocycles. The SMILES string of the molecule is CCOC(=O)C1=C(C)N=C2SCC(=O)N2[C@@H]1c1ccccc1Cl. The van der Waals surface area contributed by atoms with Gasteiger partial charge in [0.1, 0.15) is 0 Å². The van der Waals surface area contributed by atoms with E-state index in [4.69, 9.17) is 16.3 Å². The summed E-state index contributed by atoms with van der Waals surface area (Å²) in [4.78, 5) is 30.8. The van der Waals surface area contributed by atoms with E-state index in [0.29, 0.717) is 32.8 Å². The van der Waals surface area contributed by atoms with Crippen LogP contribution in [0, 0.1) is 0 Å². The standard InChI is InChI=1S/C16H15ClN2O3S/c1-3-22-15(21)13-9(2)18-16-19(12(20)8-23-16)14(13)10-6-4-5-7-11(10)17/h4-7,14H,3,8H2,1-2H3/t14-/m1/s1. The predicted molar refractivity (Wildman–Crippen MR) is 90.3 cm³/mol. The van der Waals surface area contributed by atoms with Crippen LogP contribution in [-0.2, 0) is 14.3 Å². The summed E-state index contributed by atoms with van der Waals surface area (Å²) in [7, 11) is 0. The number of aliphatic imine (C=N–C) groups is 1. The molecule has 0 aliphatic carbocycles. The summed E-state index contributed by atoms with van der Waals surface area (Å²) in [5, 5.41) is 1.10. The number of nitrogens with zero attached hydrogens (tertiary/aromatic N) is 2. The molecule has 0 spiro atoms. The van der Waals surface area contributed by atoms with Gasteiger partial charge >= 0.3 is 5.97 Å². The van der Waals surface area contributed by atoms with Crippen molar-refractivity contribution in [1.29, 1.82) is 0 Å². The first-order valence-electron chi connectivity index (χ1n) is 7.20. The Labute approximate surface area is 143 Å². The number of amides is 1. The predicted octanol–water partition coefficient (Wildman–Crippen LogP) is 3.16. The quantitative estimate of drug-likeness (QED) is 0.786. The van der Waals surface area contributed by atoms with Crippen LogP contribution < -0.4 is 0 Å². The van der Waals surface area contributed by atoms with Crippen molar-refractivity contribution < 1.29 is 14.3 Å². The maximum Gasteiger partial charge on any atom is 0.338 e. The minimum absolute atomic E-state index is 0.0898. The third kappa shape index (κ3) is 2.77. The van der Waals surface area contributed by atoms with Crippen LogP contribution in [0.2, 0.25) is 5.02 Å². The minimum atomic E-state index is -0.599. The molecule has 3 rings (SSSR count). The Morgan fingerprint density at radius 2 is 2.22 bits per heavy atom. The third-order valence-electron chi connectivity index (χ3n) is 3.68. The lowest BCUT2D eigenvalue weighted by atomic mass is 9.94. The van der Waals surface area contributed by atoms with E-state index in [1.165, 1.54) is 11.8 Å². The highest BCUT2D eigenvalue weighted by molar-refractivity contribution is 8.15. The Balaban J connectivity index is 2.17. The number of esters is 1. The Kier molecular flexibility index (Phi) is 4.46. The third-order valence-corrected chi connectivity index (χ3v) is 4.96. The lowest BCUT2D eigenvalue weighted by molar-refractivity contribution is -0.139. The molecule has 7 heteroatoms. The molecule has 1 saturated heterocycles. The van der Waals surface area contributed by atoms with Gasteiger partial charge < -0.3 is 4.74 Å². The first-order valence-corrected chi connectivity index (χ1v) is 8.56. The molecule has 0 saturated carbocycles. The van der Waals surface area contributed by atoms with Crippen LogP contribution in [0.4, 0.5) is 0 Å². The molecule has 0 radical (unpaired) electrons. The van der Waals surface area contributed by atoms with E-state index in [0.717, 1.165) is 0 Å². The van der Waals surface area contributed by atoms with Gasteiger partial charge in [-0.05, 0) is 25.5 Å². The minimum Gasteiger partial charge on any atom is -0.463 e. The van der Waals surface area contributed by atoms with Crippen LogP contribution in [0.3, 0.4) is 0 Å². The molecule has 120 valence electrons. The maximum absolute atomic E-state index is 12.5.